The number of aromatic nitrogens is 6. The second-order valence-electron chi connectivity index (χ2n) is 20.6. The van der Waals surface area contributed by atoms with Gasteiger partial charge >= 0.3 is 19.8 Å². The molecule has 7 rings (SSSR count). The number of fused-ring (bicyclic) bond motifs is 5. The Morgan fingerprint density at radius 2 is 1.59 bits per heavy atom. The lowest BCUT2D eigenvalue weighted by Crippen LogP contribution is -2.53. The number of rotatable bonds is 22. The fourth-order valence-electron chi connectivity index (χ4n) is 12.6. The summed E-state index contributed by atoms with van der Waals surface area (Å²) in [5, 5.41) is 8.23. The predicted molar refractivity (Wildman–Crippen MR) is 242 cm³/mol. The van der Waals surface area contributed by atoms with E-state index in [1.165, 1.54) is 91.3 Å². The SMILES string of the molecule is CCOP(=O)(OCCOC(=O)CCC(=O)O[C@H]1CC[C@@]2(C)C(=CC[C@@H]3[C@@H]2CC[C@@]2(C)[C@H]3CC[C@]2(C)[C@H](C)CCCC(C)C)C1)OC(Cn1cncn1)(Cn1cncn1)c1ccc(F)cc1F. The minimum Gasteiger partial charge on any atom is -0.463 e. The van der Waals surface area contributed by atoms with Crippen molar-refractivity contribution in [1.29, 1.82) is 0 Å². The topological polar surface area (TPSA) is 159 Å². The molecule has 0 N–H and O–H groups in total. The van der Waals surface area contributed by atoms with E-state index in [1.807, 2.05) is 0 Å². The van der Waals surface area contributed by atoms with Gasteiger partial charge in [-0.05, 0) is 104 Å². The number of phosphoric ester groups is 1. The Hall–Kier alpha value is -3.85. The van der Waals surface area contributed by atoms with Crippen molar-refractivity contribution in [3.8, 4) is 0 Å². The first-order chi connectivity index (χ1) is 31.4. The zero-order valence-corrected chi connectivity index (χ0v) is 40.9. The number of hydrogen-bond donors (Lipinski definition) is 0. The average Bonchev–Trinajstić information content (AvgIpc) is 4.03. The Morgan fingerprint density at radius 1 is 0.894 bits per heavy atom. The molecule has 3 saturated carbocycles. The van der Waals surface area contributed by atoms with Gasteiger partial charge in [-0.1, -0.05) is 78.5 Å². The fraction of sp³-hybridized carbons (Fsp3) is 0.714. The minimum absolute atomic E-state index is 0.116. The van der Waals surface area contributed by atoms with Crippen molar-refractivity contribution >= 4 is 19.8 Å². The number of ether oxygens (including phenoxy) is 2. The van der Waals surface area contributed by atoms with Crippen LogP contribution in [0.3, 0.4) is 0 Å². The van der Waals surface area contributed by atoms with Crippen molar-refractivity contribution in [2.24, 2.45) is 45.8 Å². The van der Waals surface area contributed by atoms with E-state index in [4.69, 9.17) is 23.0 Å². The molecule has 4 aliphatic rings. The van der Waals surface area contributed by atoms with Crippen LogP contribution in [-0.2, 0) is 55.9 Å². The number of carbonyl (C=O) groups excluding carboxylic acids is 2. The quantitative estimate of drug-likeness (QED) is 0.0407. The first-order valence-electron chi connectivity index (χ1n) is 24.2. The highest BCUT2D eigenvalue weighted by molar-refractivity contribution is 7.48. The molecule has 3 fully saturated rings. The highest BCUT2D eigenvalue weighted by Gasteiger charge is 2.63. The molecule has 66 heavy (non-hydrogen) atoms. The van der Waals surface area contributed by atoms with Crippen LogP contribution in [0.4, 0.5) is 8.78 Å². The highest BCUT2D eigenvalue weighted by atomic mass is 31.2. The second-order valence-corrected chi connectivity index (χ2v) is 22.2. The van der Waals surface area contributed by atoms with E-state index in [1.54, 1.807) is 6.92 Å². The van der Waals surface area contributed by atoms with Crippen LogP contribution < -0.4 is 0 Å². The maximum absolute atomic E-state index is 15.6. The molecule has 1 aromatic carbocycles. The van der Waals surface area contributed by atoms with Crippen LogP contribution in [0, 0.1) is 57.5 Å². The van der Waals surface area contributed by atoms with E-state index in [9.17, 15) is 18.5 Å². The van der Waals surface area contributed by atoms with E-state index < -0.39 is 43.6 Å². The highest BCUT2D eigenvalue weighted by Crippen LogP contribution is 2.71. The van der Waals surface area contributed by atoms with Crippen LogP contribution in [0.5, 0.6) is 0 Å². The predicted octanol–water partition coefficient (Wildman–Crippen LogP) is 10.6. The van der Waals surface area contributed by atoms with Crippen molar-refractivity contribution in [1.82, 2.24) is 29.5 Å². The number of halogens is 2. The maximum atomic E-state index is 15.6. The van der Waals surface area contributed by atoms with Gasteiger partial charge < -0.3 is 9.47 Å². The van der Waals surface area contributed by atoms with Gasteiger partial charge in [0.15, 0.2) is 0 Å². The summed E-state index contributed by atoms with van der Waals surface area (Å²) >= 11 is 0. The number of benzene rings is 1. The zero-order chi connectivity index (χ0) is 47.3. The van der Waals surface area contributed by atoms with E-state index in [-0.39, 0.29) is 56.2 Å². The van der Waals surface area contributed by atoms with Gasteiger partial charge in [-0.15, -0.1) is 0 Å². The van der Waals surface area contributed by atoms with Gasteiger partial charge in [0.2, 0.25) is 0 Å². The Morgan fingerprint density at radius 3 is 2.24 bits per heavy atom. The summed E-state index contributed by atoms with van der Waals surface area (Å²) in [6, 6.07) is 2.88. The lowest BCUT2D eigenvalue weighted by molar-refractivity contribution is -0.155. The molecule has 14 nitrogen and oxygen atoms in total. The van der Waals surface area contributed by atoms with Crippen molar-refractivity contribution in [2.45, 2.75) is 157 Å². The molecular weight excluding hydrogens is 870 g/mol. The molecular formula is C49H71F2N6O8P. The van der Waals surface area contributed by atoms with Crippen molar-refractivity contribution in [3.63, 3.8) is 0 Å². The molecule has 3 aromatic rings. The summed E-state index contributed by atoms with van der Waals surface area (Å²) in [6.07, 6.45) is 19.9. The standard InChI is InChI=1S/C49H71F2N6O8P/c1-8-62-66(60,65-49(28-56-32-52-30-54-56,29-57-33-53-31-55-57)42-15-13-37(50)27-43(42)51)63-25-24-61-44(58)16-17-45(59)64-38-18-21-46(5)36(26-38)12-14-39-40(46)19-23-48(7)41(39)20-22-47(48,6)35(4)11-9-10-34(2)3/h12-13,15,27,30-35,38-41H,8-11,14,16-26,28-29H2,1-7H3/t35-,38+,39-,40+,41+,46+,47-,48+,66?/m1/s1. The monoisotopic (exact) mass is 941 g/mol. The van der Waals surface area contributed by atoms with Gasteiger partial charge in [0, 0.05) is 18.1 Å². The molecule has 0 aliphatic heterocycles. The third-order valence-electron chi connectivity index (χ3n) is 16.4. The molecule has 0 spiro atoms. The second kappa shape index (κ2) is 20.8. The zero-order valence-electron chi connectivity index (χ0n) is 40.0. The maximum Gasteiger partial charge on any atom is 0.475 e. The molecule has 364 valence electrons. The average molecular weight is 941 g/mol. The van der Waals surface area contributed by atoms with Crippen molar-refractivity contribution in [2.75, 3.05) is 19.8 Å². The fourth-order valence-corrected chi connectivity index (χ4v) is 14.1. The third kappa shape index (κ3) is 10.7. The summed E-state index contributed by atoms with van der Waals surface area (Å²) in [7, 11) is -4.59. The van der Waals surface area contributed by atoms with Gasteiger partial charge in [-0.2, -0.15) is 10.2 Å². The molecule has 2 aromatic heterocycles. The molecule has 0 radical (unpaired) electrons. The Balaban J connectivity index is 0.901. The van der Waals surface area contributed by atoms with Crippen LogP contribution >= 0.6 is 7.82 Å². The van der Waals surface area contributed by atoms with E-state index in [2.05, 4.69) is 67.8 Å². The van der Waals surface area contributed by atoms with Gasteiger partial charge in [-0.3, -0.25) is 23.2 Å². The van der Waals surface area contributed by atoms with E-state index >= 15 is 4.39 Å². The van der Waals surface area contributed by atoms with Crippen molar-refractivity contribution in [3.05, 3.63) is 72.4 Å². The molecule has 9 atom stereocenters. The van der Waals surface area contributed by atoms with Gasteiger partial charge in [0.25, 0.3) is 0 Å². The lowest BCUT2D eigenvalue weighted by Gasteiger charge is -2.60. The molecule has 4 aliphatic carbocycles. The molecule has 17 heteroatoms. The number of allylic oxidation sites excluding steroid dienone is 1. The van der Waals surface area contributed by atoms with E-state index in [0.717, 1.165) is 49.5 Å². The minimum atomic E-state index is -4.59. The summed E-state index contributed by atoms with van der Waals surface area (Å²) in [4.78, 5) is 33.8. The number of esters is 2. The Labute approximate surface area is 388 Å². The van der Waals surface area contributed by atoms with Crippen LogP contribution in [-0.4, -0.2) is 67.4 Å². The molecule has 0 amide bonds. The molecule has 0 bridgehead atoms. The first-order valence-corrected chi connectivity index (χ1v) is 25.6. The number of nitrogens with zero attached hydrogens (tertiary/aromatic N) is 6. The molecule has 1 unspecified atom stereocenters. The van der Waals surface area contributed by atoms with Crippen LogP contribution in [0.15, 0.2) is 55.2 Å². The normalized spacial score (nSPS) is 28.7. The van der Waals surface area contributed by atoms with Gasteiger partial charge in [0.1, 0.15) is 55.3 Å². The number of carbonyl (C=O) groups is 2. The number of hydrogen-bond acceptors (Lipinski definition) is 12. The molecule has 0 saturated heterocycles. The largest absolute Gasteiger partial charge is 0.475 e. The molecule has 2 heterocycles. The number of phosphoric acid groups is 1. The third-order valence-corrected chi connectivity index (χ3v) is 18.1. The van der Waals surface area contributed by atoms with Gasteiger partial charge in [0.05, 0.1) is 39.1 Å². The van der Waals surface area contributed by atoms with Crippen LogP contribution in [0.1, 0.15) is 138 Å². The summed E-state index contributed by atoms with van der Waals surface area (Å²) in [5.74, 6) is 0.638. The summed E-state index contributed by atoms with van der Waals surface area (Å²) < 4.78 is 75.2. The summed E-state index contributed by atoms with van der Waals surface area (Å²) in [5.41, 5.74) is 0.185. The van der Waals surface area contributed by atoms with Crippen LogP contribution in [0.2, 0.25) is 0 Å². The Kier molecular flexibility index (Phi) is 15.8. The van der Waals surface area contributed by atoms with E-state index in [0.29, 0.717) is 28.7 Å². The lowest BCUT2D eigenvalue weighted by atomic mass is 9.44. The van der Waals surface area contributed by atoms with Gasteiger partial charge in [-0.25, -0.2) is 32.7 Å². The first kappa shape index (κ1) is 50.0. The summed E-state index contributed by atoms with van der Waals surface area (Å²) in [6.45, 7) is 15.0. The smallest absolute Gasteiger partial charge is 0.463 e. The van der Waals surface area contributed by atoms with Crippen molar-refractivity contribution < 1.29 is 46.0 Å². The Bertz CT molecular complexity index is 2160. The van der Waals surface area contributed by atoms with Crippen LogP contribution in [0.25, 0.3) is 0 Å².